The van der Waals surface area contributed by atoms with E-state index in [2.05, 4.69) is 20.1 Å². The number of para-hydroxylation sites is 1. The molecule has 0 amide bonds. The second kappa shape index (κ2) is 6.59. The quantitative estimate of drug-likeness (QED) is 0.393. The van der Waals surface area contributed by atoms with E-state index in [1.165, 1.54) is 0 Å². The van der Waals surface area contributed by atoms with Crippen LogP contribution in [0.1, 0.15) is 5.82 Å². The monoisotopic (exact) mass is 354 g/mol. The smallest absolute Gasteiger partial charge is 0.257 e. The number of thioether (sulfide) groups is 1. The van der Waals surface area contributed by atoms with Crippen LogP contribution in [-0.2, 0) is 5.75 Å². The number of hydrogen-bond donors (Lipinski definition) is 0. The number of nitrogens with zero attached hydrogens (tertiary/aromatic N) is 4. The summed E-state index contributed by atoms with van der Waals surface area (Å²) in [7, 11) is 0. The number of benzene rings is 2. The topological polar surface area (TPSA) is 64.7 Å². The fourth-order valence-corrected chi connectivity index (χ4v) is 3.21. The minimum atomic E-state index is 0.481. The summed E-state index contributed by atoms with van der Waals surface area (Å²) >= 11 is 7.44. The highest BCUT2D eigenvalue weighted by Crippen LogP contribution is 2.27. The zero-order valence-electron chi connectivity index (χ0n) is 12.4. The van der Waals surface area contributed by atoms with Gasteiger partial charge in [0.25, 0.3) is 5.89 Å². The predicted octanol–water partition coefficient (Wildman–Crippen LogP) is 4.63. The summed E-state index contributed by atoms with van der Waals surface area (Å²) in [6.07, 6.45) is 1.57. The Bertz CT molecular complexity index is 982. The van der Waals surface area contributed by atoms with Crippen molar-refractivity contribution >= 4 is 34.3 Å². The van der Waals surface area contributed by atoms with Crippen LogP contribution in [0.25, 0.3) is 22.4 Å². The van der Waals surface area contributed by atoms with Crippen LogP contribution in [0.2, 0.25) is 5.02 Å². The van der Waals surface area contributed by atoms with E-state index >= 15 is 0 Å². The first-order valence-corrected chi connectivity index (χ1v) is 8.57. The molecule has 2 aromatic heterocycles. The summed E-state index contributed by atoms with van der Waals surface area (Å²) in [6, 6.07) is 15.2. The lowest BCUT2D eigenvalue weighted by Gasteiger charge is -2.02. The Morgan fingerprint density at radius 3 is 2.71 bits per heavy atom. The highest BCUT2D eigenvalue weighted by Gasteiger charge is 2.11. The Kier molecular flexibility index (Phi) is 4.15. The molecule has 0 spiro atoms. The van der Waals surface area contributed by atoms with Crippen molar-refractivity contribution in [2.75, 3.05) is 0 Å². The fraction of sp³-hybridized carbons (Fsp3) is 0.0588. The van der Waals surface area contributed by atoms with E-state index in [1.54, 1.807) is 30.2 Å². The molecular formula is C17H11ClN4OS. The van der Waals surface area contributed by atoms with E-state index in [-0.39, 0.29) is 0 Å². The van der Waals surface area contributed by atoms with Crippen LogP contribution < -0.4 is 0 Å². The number of hydrogen-bond acceptors (Lipinski definition) is 6. The molecule has 4 rings (SSSR count). The highest BCUT2D eigenvalue weighted by molar-refractivity contribution is 7.98. The normalized spacial score (nSPS) is 11.0. The first kappa shape index (κ1) is 15.1. The van der Waals surface area contributed by atoms with Crippen molar-refractivity contribution in [2.24, 2.45) is 0 Å². The summed E-state index contributed by atoms with van der Waals surface area (Å²) in [4.78, 5) is 13.0. The summed E-state index contributed by atoms with van der Waals surface area (Å²) < 4.78 is 5.32. The van der Waals surface area contributed by atoms with Crippen molar-refractivity contribution in [3.63, 3.8) is 0 Å². The summed E-state index contributed by atoms with van der Waals surface area (Å²) in [5.74, 6) is 1.67. The fourth-order valence-electron chi connectivity index (χ4n) is 2.25. The van der Waals surface area contributed by atoms with Crippen LogP contribution >= 0.6 is 23.4 Å². The predicted molar refractivity (Wildman–Crippen MR) is 93.8 cm³/mol. The molecule has 0 aliphatic carbocycles. The van der Waals surface area contributed by atoms with Gasteiger partial charge in [-0.05, 0) is 30.3 Å². The average molecular weight is 355 g/mol. The Labute approximate surface area is 147 Å². The molecule has 0 saturated heterocycles. The Morgan fingerprint density at radius 1 is 1.00 bits per heavy atom. The average Bonchev–Trinajstić information content (AvgIpc) is 3.09. The third-order valence-electron chi connectivity index (χ3n) is 3.40. The Morgan fingerprint density at radius 2 is 1.83 bits per heavy atom. The first-order valence-electron chi connectivity index (χ1n) is 7.21. The van der Waals surface area contributed by atoms with Gasteiger partial charge < -0.3 is 4.52 Å². The molecule has 0 aliphatic rings. The second-order valence-electron chi connectivity index (χ2n) is 5.01. The highest BCUT2D eigenvalue weighted by atomic mass is 35.5. The van der Waals surface area contributed by atoms with Gasteiger partial charge in [-0.3, -0.25) is 0 Å². The number of halogens is 1. The van der Waals surface area contributed by atoms with E-state index in [0.717, 1.165) is 21.5 Å². The maximum absolute atomic E-state index is 5.89. The van der Waals surface area contributed by atoms with Crippen LogP contribution in [-0.4, -0.2) is 20.1 Å². The largest absolute Gasteiger partial charge is 0.334 e. The van der Waals surface area contributed by atoms with Crippen LogP contribution in [0.4, 0.5) is 0 Å². The zero-order valence-corrected chi connectivity index (χ0v) is 14.0. The number of fused-ring (bicyclic) bond motifs is 1. The number of aromatic nitrogens is 4. The molecular weight excluding hydrogens is 344 g/mol. The molecule has 0 N–H and O–H groups in total. The molecule has 2 aromatic carbocycles. The van der Waals surface area contributed by atoms with Crippen molar-refractivity contribution in [3.05, 3.63) is 65.7 Å². The number of rotatable bonds is 4. The lowest BCUT2D eigenvalue weighted by Crippen LogP contribution is -1.89. The van der Waals surface area contributed by atoms with Gasteiger partial charge in [0, 0.05) is 16.0 Å². The van der Waals surface area contributed by atoms with Crippen molar-refractivity contribution < 1.29 is 4.52 Å². The zero-order chi connectivity index (χ0) is 16.4. The van der Waals surface area contributed by atoms with Gasteiger partial charge >= 0.3 is 0 Å². The molecule has 0 atom stereocenters. The van der Waals surface area contributed by atoms with Gasteiger partial charge in [0.1, 0.15) is 11.4 Å². The van der Waals surface area contributed by atoms with E-state index in [1.807, 2.05) is 36.4 Å². The Balaban J connectivity index is 1.53. The van der Waals surface area contributed by atoms with Crippen molar-refractivity contribution in [1.29, 1.82) is 0 Å². The maximum atomic E-state index is 5.89. The molecule has 2 heterocycles. The van der Waals surface area contributed by atoms with Crippen molar-refractivity contribution in [3.8, 4) is 11.5 Å². The van der Waals surface area contributed by atoms with E-state index < -0.39 is 0 Å². The maximum Gasteiger partial charge on any atom is 0.257 e. The molecule has 0 unspecified atom stereocenters. The van der Waals surface area contributed by atoms with Crippen molar-refractivity contribution in [2.45, 2.75) is 10.8 Å². The Hall–Kier alpha value is -2.44. The minimum Gasteiger partial charge on any atom is -0.334 e. The molecule has 118 valence electrons. The summed E-state index contributed by atoms with van der Waals surface area (Å²) in [5, 5.41) is 6.62. The lowest BCUT2D eigenvalue weighted by molar-refractivity contribution is 0.425. The van der Waals surface area contributed by atoms with Gasteiger partial charge in [-0.2, -0.15) is 4.98 Å². The molecule has 0 radical (unpaired) electrons. The third kappa shape index (κ3) is 3.11. The molecule has 0 saturated carbocycles. The third-order valence-corrected chi connectivity index (χ3v) is 4.66. The van der Waals surface area contributed by atoms with Crippen LogP contribution in [0.5, 0.6) is 0 Å². The standard InChI is InChI=1S/C17H11ClN4OS/c18-12-7-5-11(6-8-12)16-21-15(22-23-16)9-24-17-13-3-1-2-4-14(13)19-10-20-17/h1-8,10H,9H2. The van der Waals surface area contributed by atoms with E-state index in [0.29, 0.717) is 22.5 Å². The molecule has 24 heavy (non-hydrogen) atoms. The minimum absolute atomic E-state index is 0.481. The van der Waals surface area contributed by atoms with Crippen LogP contribution in [0.3, 0.4) is 0 Å². The summed E-state index contributed by atoms with van der Waals surface area (Å²) in [6.45, 7) is 0. The molecule has 0 aliphatic heterocycles. The molecule has 5 nitrogen and oxygen atoms in total. The lowest BCUT2D eigenvalue weighted by atomic mass is 10.2. The van der Waals surface area contributed by atoms with E-state index in [9.17, 15) is 0 Å². The van der Waals surface area contributed by atoms with Gasteiger partial charge in [-0.15, -0.1) is 0 Å². The molecule has 0 bridgehead atoms. The molecule has 7 heteroatoms. The summed E-state index contributed by atoms with van der Waals surface area (Å²) in [5.41, 5.74) is 1.76. The molecule has 4 aromatic rings. The van der Waals surface area contributed by atoms with Gasteiger partial charge in [0.15, 0.2) is 5.82 Å². The van der Waals surface area contributed by atoms with Gasteiger partial charge in [0.05, 0.1) is 11.3 Å². The first-order chi connectivity index (χ1) is 11.8. The van der Waals surface area contributed by atoms with Crippen LogP contribution in [0, 0.1) is 0 Å². The van der Waals surface area contributed by atoms with E-state index in [4.69, 9.17) is 16.1 Å². The second-order valence-corrected chi connectivity index (χ2v) is 6.41. The van der Waals surface area contributed by atoms with Crippen LogP contribution in [0.15, 0.2) is 64.4 Å². The van der Waals surface area contributed by atoms with Gasteiger partial charge in [-0.25, -0.2) is 9.97 Å². The van der Waals surface area contributed by atoms with Crippen molar-refractivity contribution in [1.82, 2.24) is 20.1 Å². The van der Waals surface area contributed by atoms with Gasteiger partial charge in [0.2, 0.25) is 0 Å². The molecule has 0 fully saturated rings. The van der Waals surface area contributed by atoms with Gasteiger partial charge in [-0.1, -0.05) is 46.7 Å². The SMILES string of the molecule is Clc1ccc(-c2nc(CSc3ncnc4ccccc34)no2)cc1.